The Balaban J connectivity index is 0.000000423. The van der Waals surface area contributed by atoms with Crippen LogP contribution in [-0.4, -0.2) is 43.4 Å². The van der Waals surface area contributed by atoms with Gasteiger partial charge in [-0.15, -0.1) is 0 Å². The average Bonchev–Trinajstić information content (AvgIpc) is 2.07. The molecule has 0 aliphatic heterocycles. The Morgan fingerprint density at radius 2 is 1.60 bits per heavy atom. The highest BCUT2D eigenvalue weighted by atomic mass is 16.6. The molecule has 0 heterocycles. The molecule has 4 nitrogen and oxygen atoms in total. The molecular formula is C10H18BNO3. The largest absolute Gasteiger partial charge is 0.707 e. The van der Waals surface area contributed by atoms with E-state index in [-0.39, 0.29) is 0 Å². The second-order valence-electron chi connectivity index (χ2n) is 3.55. The number of benzene rings is 1. The molecule has 0 fully saturated rings. The summed E-state index contributed by atoms with van der Waals surface area (Å²) in [6, 6.07) is 7.13. The van der Waals surface area contributed by atoms with Crippen molar-refractivity contribution in [3.05, 3.63) is 29.8 Å². The Morgan fingerprint density at radius 1 is 1.13 bits per heavy atom. The molecule has 0 unspecified atom stereocenters. The van der Waals surface area contributed by atoms with Gasteiger partial charge in [0.1, 0.15) is 5.75 Å². The van der Waals surface area contributed by atoms with Crippen LogP contribution >= 0.6 is 0 Å². The number of hydrogen-bond donors (Lipinski definition) is 2. The predicted molar refractivity (Wildman–Crippen MR) is 61.6 cm³/mol. The van der Waals surface area contributed by atoms with Crippen molar-refractivity contribution in [2.24, 2.45) is 0 Å². The molecule has 0 amide bonds. The van der Waals surface area contributed by atoms with Gasteiger partial charge in [0.2, 0.25) is 0 Å². The molecule has 1 rings (SSSR count). The first-order valence-corrected chi connectivity index (χ1v) is 4.63. The van der Waals surface area contributed by atoms with Crippen molar-refractivity contribution >= 4 is 7.32 Å². The standard InChI is InChI=1S/C7H9BO3.C3H9N/c1-6-4-2-3-5-7(6)11-8(9)10;1-4(2)3/h2-5,9-10H,1H3;1-3H3. The van der Waals surface area contributed by atoms with Crippen LogP contribution in [0.15, 0.2) is 24.3 Å². The van der Waals surface area contributed by atoms with Gasteiger partial charge in [-0.25, -0.2) is 0 Å². The lowest BCUT2D eigenvalue weighted by molar-refractivity contribution is 0.287. The van der Waals surface area contributed by atoms with Gasteiger partial charge in [-0.1, -0.05) is 18.2 Å². The van der Waals surface area contributed by atoms with E-state index in [9.17, 15) is 0 Å². The fourth-order valence-corrected chi connectivity index (χ4v) is 0.802. The van der Waals surface area contributed by atoms with Crippen LogP contribution in [0.4, 0.5) is 0 Å². The summed E-state index contributed by atoms with van der Waals surface area (Å²) in [5.74, 6) is 0.488. The minimum Gasteiger partial charge on any atom is -0.512 e. The van der Waals surface area contributed by atoms with Crippen LogP contribution in [0.1, 0.15) is 5.56 Å². The minimum atomic E-state index is -1.74. The van der Waals surface area contributed by atoms with Gasteiger partial charge < -0.3 is 19.6 Å². The summed E-state index contributed by atoms with van der Waals surface area (Å²) in [6.45, 7) is 1.83. The molecule has 84 valence electrons. The van der Waals surface area contributed by atoms with Crippen molar-refractivity contribution in [2.45, 2.75) is 6.92 Å². The Bertz CT molecular complexity index is 276. The highest BCUT2D eigenvalue weighted by Crippen LogP contribution is 2.15. The fourth-order valence-electron chi connectivity index (χ4n) is 0.802. The van der Waals surface area contributed by atoms with E-state index in [1.807, 2.05) is 45.1 Å². The topological polar surface area (TPSA) is 52.9 Å². The van der Waals surface area contributed by atoms with Crippen molar-refractivity contribution in [3.8, 4) is 5.75 Å². The Labute approximate surface area is 91.3 Å². The van der Waals surface area contributed by atoms with Crippen LogP contribution in [0.3, 0.4) is 0 Å². The number of para-hydroxylation sites is 1. The number of nitrogens with zero attached hydrogens (tertiary/aromatic N) is 1. The van der Waals surface area contributed by atoms with Crippen LogP contribution in [-0.2, 0) is 0 Å². The predicted octanol–water partition coefficient (Wildman–Crippen LogP) is 0.521. The molecular weight excluding hydrogens is 193 g/mol. The first kappa shape index (κ1) is 14.0. The molecule has 0 spiro atoms. The summed E-state index contributed by atoms with van der Waals surface area (Å²) in [5, 5.41) is 16.9. The van der Waals surface area contributed by atoms with Crippen molar-refractivity contribution in [1.29, 1.82) is 0 Å². The summed E-state index contributed by atoms with van der Waals surface area (Å²) < 4.78 is 4.66. The Morgan fingerprint density at radius 3 is 2.00 bits per heavy atom. The zero-order valence-corrected chi connectivity index (χ0v) is 9.64. The lowest BCUT2D eigenvalue weighted by Gasteiger charge is -2.06. The molecule has 0 aliphatic carbocycles. The minimum absolute atomic E-state index is 0.488. The Hall–Kier alpha value is -1.04. The molecule has 0 saturated carbocycles. The third-order valence-corrected chi connectivity index (χ3v) is 1.33. The third-order valence-electron chi connectivity index (χ3n) is 1.33. The molecule has 2 N–H and O–H groups in total. The van der Waals surface area contributed by atoms with Crippen molar-refractivity contribution in [1.82, 2.24) is 4.90 Å². The molecule has 0 saturated heterocycles. The van der Waals surface area contributed by atoms with Crippen molar-refractivity contribution in [3.63, 3.8) is 0 Å². The first-order valence-electron chi connectivity index (χ1n) is 4.63. The van der Waals surface area contributed by atoms with E-state index in [1.54, 1.807) is 12.1 Å². The molecule has 15 heavy (non-hydrogen) atoms. The van der Waals surface area contributed by atoms with Crippen LogP contribution in [0.5, 0.6) is 5.75 Å². The second kappa shape index (κ2) is 7.28. The van der Waals surface area contributed by atoms with Crippen molar-refractivity contribution in [2.75, 3.05) is 21.1 Å². The van der Waals surface area contributed by atoms with Gasteiger partial charge >= 0.3 is 7.32 Å². The van der Waals surface area contributed by atoms with Crippen LogP contribution < -0.4 is 4.65 Å². The fraction of sp³-hybridized carbons (Fsp3) is 0.400. The Kier molecular flexibility index (Phi) is 6.78. The van der Waals surface area contributed by atoms with Crippen LogP contribution in [0.2, 0.25) is 0 Å². The van der Waals surface area contributed by atoms with E-state index < -0.39 is 7.32 Å². The smallest absolute Gasteiger partial charge is 0.512 e. The van der Waals surface area contributed by atoms with Gasteiger partial charge in [-0.05, 0) is 39.7 Å². The van der Waals surface area contributed by atoms with Gasteiger partial charge in [-0.2, -0.15) is 0 Å². The summed E-state index contributed by atoms with van der Waals surface area (Å²) >= 11 is 0. The molecule has 1 aromatic carbocycles. The van der Waals surface area contributed by atoms with E-state index in [2.05, 4.69) is 4.65 Å². The zero-order valence-electron chi connectivity index (χ0n) is 9.64. The van der Waals surface area contributed by atoms with E-state index in [0.29, 0.717) is 5.75 Å². The molecule has 0 aromatic heterocycles. The summed E-state index contributed by atoms with van der Waals surface area (Å²) in [7, 11) is 4.26. The highest BCUT2D eigenvalue weighted by molar-refractivity contribution is 6.33. The lowest BCUT2D eigenvalue weighted by atomic mass is 10.2. The molecule has 0 bridgehead atoms. The van der Waals surface area contributed by atoms with Gasteiger partial charge in [0.15, 0.2) is 0 Å². The van der Waals surface area contributed by atoms with E-state index in [1.165, 1.54) is 0 Å². The van der Waals surface area contributed by atoms with Crippen LogP contribution in [0.25, 0.3) is 0 Å². The molecule has 0 radical (unpaired) electrons. The first-order chi connectivity index (χ1) is 6.93. The maximum atomic E-state index is 8.46. The SMILES string of the molecule is CN(C)C.Cc1ccccc1OB(O)O. The maximum absolute atomic E-state index is 8.46. The summed E-state index contributed by atoms with van der Waals surface area (Å²) in [4.78, 5) is 2.00. The van der Waals surface area contributed by atoms with E-state index >= 15 is 0 Å². The van der Waals surface area contributed by atoms with E-state index in [0.717, 1.165) is 5.56 Å². The quantitative estimate of drug-likeness (QED) is 0.700. The number of hydrogen-bond acceptors (Lipinski definition) is 4. The normalized spacial score (nSPS) is 9.27. The number of aryl methyl sites for hydroxylation is 1. The third kappa shape index (κ3) is 7.99. The molecule has 0 atom stereocenters. The van der Waals surface area contributed by atoms with Gasteiger partial charge in [0.25, 0.3) is 0 Å². The average molecular weight is 211 g/mol. The monoisotopic (exact) mass is 211 g/mol. The second-order valence-corrected chi connectivity index (χ2v) is 3.55. The number of rotatable bonds is 2. The summed E-state index contributed by atoms with van der Waals surface area (Å²) in [5.41, 5.74) is 0.876. The van der Waals surface area contributed by atoms with Crippen molar-refractivity contribution < 1.29 is 14.7 Å². The van der Waals surface area contributed by atoms with Gasteiger partial charge in [0, 0.05) is 0 Å². The molecule has 1 aromatic rings. The zero-order chi connectivity index (χ0) is 11.8. The highest BCUT2D eigenvalue weighted by Gasteiger charge is 2.11. The van der Waals surface area contributed by atoms with Gasteiger partial charge in [0.05, 0.1) is 0 Å². The summed E-state index contributed by atoms with van der Waals surface area (Å²) in [6.07, 6.45) is 0. The van der Waals surface area contributed by atoms with Crippen LogP contribution in [0, 0.1) is 6.92 Å². The molecule has 0 aliphatic rings. The molecule has 5 heteroatoms. The van der Waals surface area contributed by atoms with E-state index in [4.69, 9.17) is 10.0 Å². The van der Waals surface area contributed by atoms with Gasteiger partial charge in [-0.3, -0.25) is 0 Å². The maximum Gasteiger partial charge on any atom is 0.707 e. The lowest BCUT2D eigenvalue weighted by Crippen LogP contribution is -2.20.